The highest BCUT2D eigenvalue weighted by Crippen LogP contribution is 2.36. The number of fused-ring (bicyclic) bond motifs is 1. The first-order valence-electron chi connectivity index (χ1n) is 16.8. The van der Waals surface area contributed by atoms with Gasteiger partial charge in [0.25, 0.3) is 5.56 Å². The zero-order valence-electron chi connectivity index (χ0n) is 28.5. The Labute approximate surface area is 291 Å². The van der Waals surface area contributed by atoms with Crippen molar-refractivity contribution in [3.8, 4) is 0 Å². The van der Waals surface area contributed by atoms with E-state index in [1.165, 1.54) is 6.07 Å². The average Bonchev–Trinajstić information content (AvgIpc) is 3.94. The third kappa shape index (κ3) is 8.89. The van der Waals surface area contributed by atoms with Crippen LogP contribution in [0.4, 0.5) is 16.2 Å². The second kappa shape index (κ2) is 16.3. The zero-order valence-corrected chi connectivity index (χ0v) is 29.3. The van der Waals surface area contributed by atoms with Gasteiger partial charge >= 0.3 is 12.1 Å². The number of nitrogens with one attached hydrogen (secondary N) is 4. The third-order valence-corrected chi connectivity index (χ3v) is 11.1. The van der Waals surface area contributed by atoms with Crippen molar-refractivity contribution in [1.29, 1.82) is 0 Å². The van der Waals surface area contributed by atoms with Gasteiger partial charge in [0, 0.05) is 42.0 Å². The lowest BCUT2D eigenvalue weighted by Crippen LogP contribution is -2.23. The van der Waals surface area contributed by atoms with Crippen LogP contribution in [-0.4, -0.2) is 62.7 Å². The SMILES string of the molecule is CCCCOC[C@@H](COC(=O)Nc1ccc(S(=O)(=O)C2CC2)c(CNC)c1)c1ccc(C(Nc2ccc3cc[nH]c(=O)c3c2)C(=O)O)cc1C. The summed E-state index contributed by atoms with van der Waals surface area (Å²) in [5.41, 5.74) is 3.34. The molecule has 0 aliphatic heterocycles. The predicted molar refractivity (Wildman–Crippen MR) is 193 cm³/mol. The Kier molecular flexibility index (Phi) is 11.9. The number of carboxylic acid groups (broad SMARTS) is 1. The number of aromatic nitrogens is 1. The molecule has 50 heavy (non-hydrogen) atoms. The summed E-state index contributed by atoms with van der Waals surface area (Å²) < 4.78 is 37.4. The standard InChI is InChI=1S/C37H44N4O8S/c1-4-5-16-48-21-27(22-49-37(45)41-28-9-13-33(26(18-28)20-38-3)50(46,47)30-10-11-30)31-12-7-25(17-23(31)2)34(36(43)44)40-29-8-6-24-14-15-39-35(42)32(24)19-29/h6-9,12-15,17-19,27,30,34,38,40H,4-5,10-11,16,20-22H2,1-3H3,(H,39,42)(H,41,45)(H,43,44)/t27-,34?/m0/s1. The molecule has 4 aromatic rings. The number of hydrogen-bond acceptors (Lipinski definition) is 9. The van der Waals surface area contributed by atoms with Gasteiger partial charge < -0.3 is 30.2 Å². The van der Waals surface area contributed by atoms with Crippen LogP contribution in [0.2, 0.25) is 0 Å². The van der Waals surface area contributed by atoms with Crippen LogP contribution in [0.15, 0.2) is 76.6 Å². The van der Waals surface area contributed by atoms with E-state index >= 15 is 0 Å². The maximum absolute atomic E-state index is 13.0. The summed E-state index contributed by atoms with van der Waals surface area (Å²) in [6, 6.07) is 15.9. The van der Waals surface area contributed by atoms with Crippen LogP contribution in [0.1, 0.15) is 66.8 Å². The molecule has 0 saturated heterocycles. The quantitative estimate of drug-likeness (QED) is 0.0835. The molecule has 1 amide bonds. The zero-order chi connectivity index (χ0) is 35.8. The van der Waals surface area contributed by atoms with E-state index in [2.05, 4.69) is 27.9 Å². The number of sulfone groups is 1. The number of aromatic amines is 1. The van der Waals surface area contributed by atoms with Crippen molar-refractivity contribution < 1.29 is 32.6 Å². The molecule has 1 aliphatic rings. The number of anilines is 2. The molecule has 0 radical (unpaired) electrons. The molecule has 1 unspecified atom stereocenters. The van der Waals surface area contributed by atoms with Crippen LogP contribution in [-0.2, 0) is 30.7 Å². The lowest BCUT2D eigenvalue weighted by molar-refractivity contribution is -0.138. The summed E-state index contributed by atoms with van der Waals surface area (Å²) in [7, 11) is -1.69. The molecule has 12 nitrogen and oxygen atoms in total. The molecule has 0 spiro atoms. The average molecular weight is 705 g/mol. The molecule has 1 fully saturated rings. The molecular weight excluding hydrogens is 660 g/mol. The number of pyridine rings is 1. The summed E-state index contributed by atoms with van der Waals surface area (Å²) in [6.45, 7) is 5.06. The number of rotatable bonds is 17. The van der Waals surface area contributed by atoms with Gasteiger partial charge in [0.1, 0.15) is 6.61 Å². The second-order valence-corrected chi connectivity index (χ2v) is 14.8. The molecule has 1 aliphatic carbocycles. The molecule has 13 heteroatoms. The Bertz CT molecular complexity index is 2010. The maximum atomic E-state index is 13.0. The van der Waals surface area contributed by atoms with E-state index in [4.69, 9.17) is 9.47 Å². The van der Waals surface area contributed by atoms with Gasteiger partial charge in [-0.1, -0.05) is 37.6 Å². The Hall–Kier alpha value is -4.72. The Balaban J connectivity index is 1.30. The molecule has 1 aromatic heterocycles. The molecule has 1 saturated carbocycles. The highest BCUT2D eigenvalue weighted by Gasteiger charge is 2.38. The summed E-state index contributed by atoms with van der Waals surface area (Å²) in [6.07, 6.45) is 4.01. The Morgan fingerprint density at radius 1 is 1.02 bits per heavy atom. The van der Waals surface area contributed by atoms with Gasteiger partial charge in [0.2, 0.25) is 0 Å². The van der Waals surface area contributed by atoms with Crippen molar-refractivity contribution in [2.75, 3.05) is 37.5 Å². The number of H-pyrrole nitrogens is 1. The fourth-order valence-corrected chi connectivity index (χ4v) is 7.78. The smallest absolute Gasteiger partial charge is 0.411 e. The fourth-order valence-electron chi connectivity index (χ4n) is 5.91. The minimum absolute atomic E-state index is 0.0120. The number of aliphatic carboxylic acids is 1. The van der Waals surface area contributed by atoms with Crippen molar-refractivity contribution in [1.82, 2.24) is 10.3 Å². The minimum atomic E-state index is -3.42. The minimum Gasteiger partial charge on any atom is -0.479 e. The van der Waals surface area contributed by atoms with Gasteiger partial charge in [0.05, 0.1) is 16.8 Å². The predicted octanol–water partition coefficient (Wildman–Crippen LogP) is 5.88. The van der Waals surface area contributed by atoms with Crippen molar-refractivity contribution >= 4 is 44.0 Å². The van der Waals surface area contributed by atoms with E-state index in [9.17, 15) is 27.9 Å². The van der Waals surface area contributed by atoms with Crippen molar-refractivity contribution in [2.45, 2.75) is 68.2 Å². The molecule has 0 bridgehead atoms. The van der Waals surface area contributed by atoms with Gasteiger partial charge in [-0.25, -0.2) is 18.0 Å². The molecule has 3 aromatic carbocycles. The maximum Gasteiger partial charge on any atom is 0.411 e. The first-order chi connectivity index (χ1) is 24.0. The fraction of sp³-hybridized carbons (Fsp3) is 0.378. The molecule has 2 atom stereocenters. The van der Waals surface area contributed by atoms with Crippen LogP contribution in [0.3, 0.4) is 0 Å². The van der Waals surface area contributed by atoms with E-state index in [0.717, 1.165) is 29.4 Å². The Morgan fingerprint density at radius 3 is 2.50 bits per heavy atom. The van der Waals surface area contributed by atoms with Gasteiger partial charge in [-0.3, -0.25) is 10.1 Å². The van der Waals surface area contributed by atoms with E-state index < -0.39 is 27.9 Å². The second-order valence-electron chi connectivity index (χ2n) is 12.6. The van der Waals surface area contributed by atoms with Gasteiger partial charge in [-0.05, 0) is 97.3 Å². The number of unbranched alkanes of at least 4 members (excludes halogenated alkanes) is 1. The number of amides is 1. The van der Waals surface area contributed by atoms with E-state index in [0.29, 0.717) is 53.9 Å². The lowest BCUT2D eigenvalue weighted by atomic mass is 9.92. The van der Waals surface area contributed by atoms with Crippen LogP contribution in [0, 0.1) is 6.92 Å². The molecule has 5 rings (SSSR count). The molecule has 1 heterocycles. The van der Waals surface area contributed by atoms with E-state index in [1.807, 2.05) is 13.0 Å². The van der Waals surface area contributed by atoms with Crippen molar-refractivity contribution in [2.24, 2.45) is 0 Å². The monoisotopic (exact) mass is 704 g/mol. The van der Waals surface area contributed by atoms with E-state index in [-0.39, 0.29) is 34.8 Å². The largest absolute Gasteiger partial charge is 0.479 e. The van der Waals surface area contributed by atoms with Gasteiger partial charge in [-0.15, -0.1) is 0 Å². The van der Waals surface area contributed by atoms with Gasteiger partial charge in [0.15, 0.2) is 15.9 Å². The molecule has 5 N–H and O–H groups in total. The van der Waals surface area contributed by atoms with Crippen LogP contribution in [0.25, 0.3) is 10.8 Å². The summed E-state index contributed by atoms with van der Waals surface area (Å²) in [5, 5.41) is 19.7. The van der Waals surface area contributed by atoms with Crippen LogP contribution < -0.4 is 21.5 Å². The van der Waals surface area contributed by atoms with Crippen molar-refractivity contribution in [3.05, 3.63) is 99.5 Å². The highest BCUT2D eigenvalue weighted by molar-refractivity contribution is 7.92. The number of aryl methyl sites for hydroxylation is 1. The Morgan fingerprint density at radius 2 is 1.80 bits per heavy atom. The molecule has 266 valence electrons. The summed E-state index contributed by atoms with van der Waals surface area (Å²) >= 11 is 0. The first kappa shape index (κ1) is 36.6. The van der Waals surface area contributed by atoms with Gasteiger partial charge in [-0.2, -0.15) is 0 Å². The molecular formula is C37H44N4O8S. The van der Waals surface area contributed by atoms with E-state index in [1.54, 1.807) is 61.8 Å². The first-order valence-corrected chi connectivity index (χ1v) is 18.3. The van der Waals surface area contributed by atoms with Crippen LogP contribution >= 0.6 is 0 Å². The van der Waals surface area contributed by atoms with Crippen LogP contribution in [0.5, 0.6) is 0 Å². The van der Waals surface area contributed by atoms with Crippen molar-refractivity contribution in [3.63, 3.8) is 0 Å². The highest BCUT2D eigenvalue weighted by atomic mass is 32.2. The third-order valence-electron chi connectivity index (χ3n) is 8.72. The number of ether oxygens (including phenoxy) is 2. The number of carboxylic acids is 1. The number of carbonyl (C=O) groups is 2. The normalized spacial score (nSPS) is 14.2. The number of hydrogen-bond donors (Lipinski definition) is 5. The number of benzene rings is 3. The topological polar surface area (TPSA) is 176 Å². The number of carbonyl (C=O) groups excluding carboxylic acids is 1. The summed E-state index contributed by atoms with van der Waals surface area (Å²) in [4.78, 5) is 40.6. The summed E-state index contributed by atoms with van der Waals surface area (Å²) in [5.74, 6) is -1.43. The lowest BCUT2D eigenvalue weighted by Gasteiger charge is -2.22.